The summed E-state index contributed by atoms with van der Waals surface area (Å²) >= 11 is 1.59. The number of furan rings is 1. The lowest BCUT2D eigenvalue weighted by atomic mass is 9.72. The molecule has 0 aliphatic rings. The standard InChI is InChI=1S/C33H35NO4S/c1-21(34-38-22(2)35)23-8-13-27(14-9-23)39-28-15-10-24(11-16-28)31(36)30-19-25-18-26(12-17-29(25)37-30)33(6,7)20-32(3,4)5/h8-19H,20H2,1-7H3/b34-21-. The first-order valence-electron chi connectivity index (χ1n) is 13.0. The van der Waals surface area contributed by atoms with Crippen LogP contribution in [0.4, 0.5) is 0 Å². The molecule has 0 saturated heterocycles. The molecule has 0 bridgehead atoms. The fourth-order valence-electron chi connectivity index (χ4n) is 4.91. The van der Waals surface area contributed by atoms with Gasteiger partial charge in [0.1, 0.15) is 5.58 Å². The van der Waals surface area contributed by atoms with Crippen LogP contribution >= 0.6 is 11.8 Å². The Morgan fingerprint density at radius 1 is 0.821 bits per heavy atom. The highest BCUT2D eigenvalue weighted by Crippen LogP contribution is 2.38. The Hall–Kier alpha value is -3.64. The van der Waals surface area contributed by atoms with E-state index in [9.17, 15) is 9.59 Å². The molecule has 202 valence electrons. The normalized spacial score (nSPS) is 12.5. The quantitative estimate of drug-likeness (QED) is 0.0965. The summed E-state index contributed by atoms with van der Waals surface area (Å²) < 4.78 is 5.95. The van der Waals surface area contributed by atoms with E-state index in [0.717, 1.165) is 32.7 Å². The maximum absolute atomic E-state index is 13.2. The molecule has 4 rings (SSSR count). The number of benzene rings is 3. The van der Waals surface area contributed by atoms with Crippen molar-refractivity contribution in [1.29, 1.82) is 0 Å². The van der Waals surface area contributed by atoms with Gasteiger partial charge in [0, 0.05) is 27.7 Å². The third-order valence-corrected chi connectivity index (χ3v) is 7.44. The summed E-state index contributed by atoms with van der Waals surface area (Å²) in [5, 5.41) is 4.77. The van der Waals surface area contributed by atoms with Crippen molar-refractivity contribution in [2.45, 2.75) is 70.1 Å². The van der Waals surface area contributed by atoms with E-state index in [1.54, 1.807) is 18.7 Å². The monoisotopic (exact) mass is 541 g/mol. The molecule has 0 unspecified atom stereocenters. The van der Waals surface area contributed by atoms with E-state index in [2.05, 4.69) is 51.9 Å². The third kappa shape index (κ3) is 7.27. The highest BCUT2D eigenvalue weighted by Gasteiger charge is 2.28. The summed E-state index contributed by atoms with van der Waals surface area (Å²) in [5.74, 6) is -0.240. The molecule has 0 fully saturated rings. The first-order chi connectivity index (χ1) is 18.3. The van der Waals surface area contributed by atoms with Gasteiger partial charge in [-0.1, -0.05) is 69.7 Å². The van der Waals surface area contributed by atoms with Gasteiger partial charge >= 0.3 is 5.97 Å². The minimum atomic E-state index is -0.450. The van der Waals surface area contributed by atoms with Crippen molar-refractivity contribution in [3.05, 3.63) is 95.2 Å². The first kappa shape index (κ1) is 28.4. The van der Waals surface area contributed by atoms with Crippen LogP contribution in [0, 0.1) is 5.41 Å². The van der Waals surface area contributed by atoms with Crippen LogP contribution in [0.5, 0.6) is 0 Å². The number of oxime groups is 1. The molecule has 0 aliphatic carbocycles. The van der Waals surface area contributed by atoms with Crippen LogP contribution in [0.3, 0.4) is 0 Å². The molecule has 3 aromatic carbocycles. The minimum Gasteiger partial charge on any atom is -0.453 e. The van der Waals surface area contributed by atoms with Crippen molar-refractivity contribution in [1.82, 2.24) is 0 Å². The fourth-order valence-corrected chi connectivity index (χ4v) is 5.72. The van der Waals surface area contributed by atoms with Gasteiger partial charge in [0.05, 0.1) is 5.71 Å². The first-order valence-corrected chi connectivity index (χ1v) is 13.8. The maximum atomic E-state index is 13.2. The van der Waals surface area contributed by atoms with Crippen LogP contribution in [0.1, 0.15) is 82.1 Å². The Balaban J connectivity index is 1.46. The van der Waals surface area contributed by atoms with E-state index in [1.165, 1.54) is 12.5 Å². The summed E-state index contributed by atoms with van der Waals surface area (Å²) in [6.07, 6.45) is 1.05. The van der Waals surface area contributed by atoms with Gasteiger partial charge in [-0.05, 0) is 89.9 Å². The van der Waals surface area contributed by atoms with Crippen molar-refractivity contribution in [2.75, 3.05) is 0 Å². The molecular weight excluding hydrogens is 506 g/mol. The number of nitrogens with zero attached hydrogens (tertiary/aromatic N) is 1. The predicted molar refractivity (Wildman–Crippen MR) is 158 cm³/mol. The molecule has 1 heterocycles. The van der Waals surface area contributed by atoms with Crippen LogP contribution in [-0.2, 0) is 15.0 Å². The maximum Gasteiger partial charge on any atom is 0.331 e. The molecule has 4 aromatic rings. The Bertz CT molecular complexity index is 1520. The lowest BCUT2D eigenvalue weighted by molar-refractivity contribution is -0.140. The Morgan fingerprint density at radius 3 is 1.97 bits per heavy atom. The molecule has 0 aliphatic heterocycles. The van der Waals surface area contributed by atoms with Crippen LogP contribution in [-0.4, -0.2) is 17.5 Å². The van der Waals surface area contributed by atoms with Crippen LogP contribution in [0.2, 0.25) is 0 Å². The number of carbonyl (C=O) groups is 2. The summed E-state index contributed by atoms with van der Waals surface area (Å²) in [4.78, 5) is 30.9. The topological polar surface area (TPSA) is 68.9 Å². The number of ketones is 1. The van der Waals surface area contributed by atoms with Crippen LogP contribution in [0.25, 0.3) is 11.0 Å². The molecule has 0 atom stereocenters. The summed E-state index contributed by atoms with van der Waals surface area (Å²) in [7, 11) is 0. The molecule has 0 spiro atoms. The highest BCUT2D eigenvalue weighted by molar-refractivity contribution is 7.99. The fraction of sp³-hybridized carbons (Fsp3) is 0.303. The number of fused-ring (bicyclic) bond motifs is 1. The van der Waals surface area contributed by atoms with E-state index in [0.29, 0.717) is 17.0 Å². The second kappa shape index (κ2) is 11.2. The molecule has 0 N–H and O–H groups in total. The van der Waals surface area contributed by atoms with Gasteiger partial charge in [0.25, 0.3) is 0 Å². The zero-order valence-electron chi connectivity index (χ0n) is 23.6. The minimum absolute atomic E-state index is 0.0119. The molecule has 39 heavy (non-hydrogen) atoms. The summed E-state index contributed by atoms with van der Waals surface area (Å²) in [5.41, 5.74) is 4.27. The van der Waals surface area contributed by atoms with E-state index < -0.39 is 5.97 Å². The molecule has 5 nitrogen and oxygen atoms in total. The molecule has 1 aromatic heterocycles. The molecular formula is C33H35NO4S. The predicted octanol–water partition coefficient (Wildman–Crippen LogP) is 8.82. The number of carbonyl (C=O) groups excluding carboxylic acids is 2. The largest absolute Gasteiger partial charge is 0.453 e. The van der Waals surface area contributed by atoms with Crippen LogP contribution < -0.4 is 0 Å². The molecule has 0 amide bonds. The Labute approximate surface area is 234 Å². The van der Waals surface area contributed by atoms with Gasteiger partial charge in [-0.15, -0.1) is 0 Å². The average Bonchev–Trinajstić information content (AvgIpc) is 3.30. The lowest BCUT2D eigenvalue weighted by Gasteiger charge is -2.33. The van der Waals surface area contributed by atoms with Crippen molar-refractivity contribution in [3.8, 4) is 0 Å². The van der Waals surface area contributed by atoms with E-state index in [1.807, 2.05) is 60.7 Å². The second-order valence-electron chi connectivity index (χ2n) is 11.7. The third-order valence-electron chi connectivity index (χ3n) is 6.43. The SMILES string of the molecule is CC(=O)O/N=C(/C)c1ccc(Sc2ccc(C(=O)c3cc4cc(C(C)(C)CC(C)(C)C)ccc4o3)cc2)cc1. The average molecular weight is 542 g/mol. The smallest absolute Gasteiger partial charge is 0.331 e. The van der Waals surface area contributed by atoms with Gasteiger partial charge in [-0.25, -0.2) is 4.79 Å². The molecule has 6 heteroatoms. The summed E-state index contributed by atoms with van der Waals surface area (Å²) in [6.45, 7) is 14.4. The lowest BCUT2D eigenvalue weighted by Crippen LogP contribution is -2.24. The van der Waals surface area contributed by atoms with E-state index >= 15 is 0 Å². The van der Waals surface area contributed by atoms with Gasteiger partial charge < -0.3 is 9.25 Å². The Morgan fingerprint density at radius 2 is 1.41 bits per heavy atom. The van der Waals surface area contributed by atoms with Crippen molar-refractivity contribution in [2.24, 2.45) is 10.6 Å². The molecule has 0 saturated carbocycles. The van der Waals surface area contributed by atoms with Gasteiger partial charge in [-0.2, -0.15) is 0 Å². The number of hydrogen-bond acceptors (Lipinski definition) is 6. The molecule has 0 radical (unpaired) electrons. The van der Waals surface area contributed by atoms with Gasteiger partial charge in [0.15, 0.2) is 5.76 Å². The zero-order valence-corrected chi connectivity index (χ0v) is 24.4. The van der Waals surface area contributed by atoms with E-state index in [-0.39, 0.29) is 16.6 Å². The summed E-state index contributed by atoms with van der Waals surface area (Å²) in [6, 6.07) is 23.5. The highest BCUT2D eigenvalue weighted by atomic mass is 32.2. The van der Waals surface area contributed by atoms with Gasteiger partial charge in [-0.3, -0.25) is 4.79 Å². The van der Waals surface area contributed by atoms with Crippen molar-refractivity contribution in [3.63, 3.8) is 0 Å². The van der Waals surface area contributed by atoms with Gasteiger partial charge in [0.2, 0.25) is 5.78 Å². The zero-order chi connectivity index (χ0) is 28.4. The number of hydrogen-bond donors (Lipinski definition) is 0. The van der Waals surface area contributed by atoms with Crippen molar-refractivity contribution < 1.29 is 18.8 Å². The van der Waals surface area contributed by atoms with Crippen LogP contribution in [0.15, 0.2) is 92.2 Å². The number of rotatable bonds is 8. The second-order valence-corrected chi connectivity index (χ2v) is 12.9. The van der Waals surface area contributed by atoms with Crippen molar-refractivity contribution >= 4 is 40.2 Å². The van der Waals surface area contributed by atoms with E-state index in [4.69, 9.17) is 9.25 Å². The Kier molecular flexibility index (Phi) is 8.17.